The summed E-state index contributed by atoms with van der Waals surface area (Å²) < 4.78 is 0. The van der Waals surface area contributed by atoms with Crippen molar-refractivity contribution in [2.75, 3.05) is 0 Å². The predicted octanol–water partition coefficient (Wildman–Crippen LogP) is 24.1. The Morgan fingerprint density at radius 2 is 0.556 bits per heavy atom. The summed E-state index contributed by atoms with van der Waals surface area (Å²) in [7, 11) is 0. The van der Waals surface area contributed by atoms with E-state index in [2.05, 4.69) is 131 Å². The van der Waals surface area contributed by atoms with Crippen molar-refractivity contribution in [2.24, 2.45) is 0 Å². The summed E-state index contributed by atoms with van der Waals surface area (Å²) >= 11 is 0. The van der Waals surface area contributed by atoms with E-state index in [1.54, 1.807) is 24.8 Å². The standard InChI is InChI=1S/4C17H11N.C12H13.C9H9N.C8H5.C2H3.4Ni/c4*1-2-7-14(8-3-1)15-9-6-10-16(13-15)17-11-4-5-12-18-17;1-5-10-6-8-11(9-7-10)12(2,3)4;1-7-5-4-6-8(2)9(7)10-3;1-2-8-6-4-3-5-7-8;1-2;;;;/h4*1-7,9-12H;6-9H,2-4H3;4-6H,1-2H3;3-7H;1H,2H2;;;;/q4*-2;-1;;2*-1;4*+3. The summed E-state index contributed by atoms with van der Waals surface area (Å²) in [4.78, 5) is 20.8. The maximum absolute atomic E-state index is 6.92. The van der Waals surface area contributed by atoms with E-state index < -0.39 is 0 Å². The largest absolute Gasteiger partial charge is 3.00 e. The predicted molar refractivity (Wildman–Crippen MR) is 427 cm³/mol. The van der Waals surface area contributed by atoms with Gasteiger partial charge in [-0.1, -0.05) is 118 Å². The zero-order valence-corrected chi connectivity index (χ0v) is 64.1. The first-order valence-electron chi connectivity index (χ1n) is 33.4. The van der Waals surface area contributed by atoms with E-state index in [0.717, 1.165) is 117 Å². The summed E-state index contributed by atoms with van der Waals surface area (Å²) in [5.74, 6) is 4.63. The summed E-state index contributed by atoms with van der Waals surface area (Å²) in [6, 6.07) is 129. The van der Waals surface area contributed by atoms with Crippen LogP contribution < -0.4 is 0 Å². The van der Waals surface area contributed by atoms with Gasteiger partial charge in [0.25, 0.3) is 0 Å². The minimum Gasteiger partial charge on any atom is -0.521 e. The van der Waals surface area contributed by atoms with E-state index >= 15 is 0 Å². The van der Waals surface area contributed by atoms with E-state index in [9.17, 15) is 0 Å². The summed E-state index contributed by atoms with van der Waals surface area (Å²) in [6.45, 7) is 24.3. The zero-order chi connectivity index (χ0) is 73.4. The molecule has 534 valence electrons. The molecule has 0 atom stereocenters. The topological polar surface area (TPSA) is 55.9 Å². The molecule has 5 nitrogen and oxygen atoms in total. The van der Waals surface area contributed by atoms with Crippen molar-refractivity contribution in [2.45, 2.75) is 40.0 Å². The molecule has 15 rings (SSSR count). The average molecular weight is 1570 g/mol. The molecule has 0 saturated carbocycles. The Morgan fingerprint density at radius 1 is 0.306 bits per heavy atom. The summed E-state index contributed by atoms with van der Waals surface area (Å²) in [5, 5.41) is 0. The molecule has 0 spiro atoms. The number of para-hydroxylation sites is 1. The van der Waals surface area contributed by atoms with Crippen molar-refractivity contribution in [3.8, 4) is 101 Å². The molecule has 0 N–H and O–H groups in total. The van der Waals surface area contributed by atoms with Crippen LogP contribution in [0.1, 0.15) is 48.6 Å². The van der Waals surface area contributed by atoms with Gasteiger partial charge in [0.1, 0.15) is 0 Å². The Morgan fingerprint density at radius 3 is 0.778 bits per heavy atom. The Labute approximate surface area is 681 Å². The second kappa shape index (κ2) is 49.2. The van der Waals surface area contributed by atoms with Crippen molar-refractivity contribution < 1.29 is 66.0 Å². The van der Waals surface area contributed by atoms with Crippen LogP contribution in [0.5, 0.6) is 0 Å². The first-order chi connectivity index (χ1) is 51.0. The van der Waals surface area contributed by atoms with Crippen LogP contribution in [0.25, 0.3) is 94.4 Å². The van der Waals surface area contributed by atoms with Gasteiger partial charge in [-0.3, -0.25) is 38.4 Å². The number of nitrogens with zero attached hydrogens (tertiary/aromatic N) is 5. The fraction of sp³-hybridized carbons (Fsp3) is 0.0606. The molecule has 0 fully saturated rings. The molecular weight excluding hydrogens is 1490 g/mol. The van der Waals surface area contributed by atoms with E-state index in [0.29, 0.717) is 0 Å². The Hall–Kier alpha value is -11.7. The van der Waals surface area contributed by atoms with Gasteiger partial charge in [0.2, 0.25) is 0 Å². The van der Waals surface area contributed by atoms with Crippen LogP contribution in [0, 0.1) is 100 Å². The Balaban J connectivity index is 0.000000268. The molecule has 0 amide bonds. The second-order valence-electron chi connectivity index (χ2n) is 23.7. The minimum atomic E-state index is 0. The number of aryl methyl sites for hydroxylation is 2. The van der Waals surface area contributed by atoms with Gasteiger partial charge in [-0.15, -0.1) is 130 Å². The number of pyridine rings is 4. The number of rotatable bonds is 8. The second-order valence-corrected chi connectivity index (χ2v) is 23.7. The van der Waals surface area contributed by atoms with Crippen molar-refractivity contribution in [3.05, 3.63) is 454 Å². The molecule has 0 saturated heterocycles. The van der Waals surface area contributed by atoms with Gasteiger partial charge in [-0.05, 0) is 60.2 Å². The smallest absolute Gasteiger partial charge is 0.521 e. The van der Waals surface area contributed by atoms with Crippen molar-refractivity contribution in [3.63, 3.8) is 0 Å². The van der Waals surface area contributed by atoms with Crippen molar-refractivity contribution >= 4 is 5.69 Å². The van der Waals surface area contributed by atoms with Crippen LogP contribution in [0.15, 0.2) is 347 Å². The maximum Gasteiger partial charge on any atom is 3.00 e. The average Bonchev–Trinajstić information content (AvgIpc) is 0.858. The third-order valence-corrected chi connectivity index (χ3v) is 15.3. The summed E-state index contributed by atoms with van der Waals surface area (Å²) in [6.07, 6.45) is 20.8. The van der Waals surface area contributed by atoms with Crippen LogP contribution in [0.4, 0.5) is 5.69 Å². The van der Waals surface area contributed by atoms with Crippen LogP contribution in [0.2, 0.25) is 0 Å². The third-order valence-electron chi connectivity index (χ3n) is 15.3. The molecule has 0 aliphatic heterocycles. The molecule has 4 heterocycles. The van der Waals surface area contributed by atoms with Crippen LogP contribution in [-0.2, 0) is 71.4 Å². The van der Waals surface area contributed by atoms with Gasteiger partial charge in [0, 0.05) is 47.6 Å². The maximum atomic E-state index is 6.92. The fourth-order valence-electron chi connectivity index (χ4n) is 9.99. The van der Waals surface area contributed by atoms with Gasteiger partial charge in [-0.25, -0.2) is 27.1 Å². The van der Waals surface area contributed by atoms with E-state index in [1.165, 1.54) is 5.56 Å². The molecule has 108 heavy (non-hydrogen) atoms. The number of hydrogen-bond donors (Lipinski definition) is 0. The number of hydrogen-bond acceptors (Lipinski definition) is 4. The molecule has 15 aromatic rings. The van der Waals surface area contributed by atoms with Crippen LogP contribution in [0.3, 0.4) is 0 Å². The normalized spacial score (nSPS) is 9.46. The molecule has 0 aliphatic rings. The van der Waals surface area contributed by atoms with E-state index in [4.69, 9.17) is 19.4 Å². The van der Waals surface area contributed by atoms with Crippen molar-refractivity contribution in [1.82, 2.24) is 19.9 Å². The Kier molecular flexibility index (Phi) is 40.4. The molecular formula is C99H74N5Ni4+. The van der Waals surface area contributed by atoms with Crippen LogP contribution in [-0.4, -0.2) is 19.9 Å². The van der Waals surface area contributed by atoms with E-state index in [1.807, 2.05) is 317 Å². The SMILES string of the molecule is [C-]#Cc1ccc(C(C)(C)C)cc1.[C-]#Cc1ccccc1.[C-]#[N+]c1c(C)cccc1C.[CH-]=C.[Ni+3].[Ni+3].[Ni+3].[Ni+3].[c-]1ccccc1-c1[c-]c(-c2ccccn2)ccc1.[c-]1ccccc1-c1[c-]c(-c2ccccn2)ccc1.[c-]1ccccc1-c1[c-]c(-c2ccccn2)ccc1.[c-]1ccccc1-c1[c-]c(-c2ccccn2)ccc1. The van der Waals surface area contributed by atoms with Gasteiger partial charge in [0.05, 0.1) is 6.57 Å². The van der Waals surface area contributed by atoms with Gasteiger partial charge >= 0.3 is 66.0 Å². The van der Waals surface area contributed by atoms with Crippen molar-refractivity contribution in [1.29, 1.82) is 0 Å². The van der Waals surface area contributed by atoms with Crippen LogP contribution >= 0.6 is 0 Å². The quantitative estimate of drug-likeness (QED) is 0.0864. The third kappa shape index (κ3) is 29.0. The van der Waals surface area contributed by atoms with Gasteiger partial charge in [-0.2, -0.15) is 168 Å². The first kappa shape index (κ1) is 88.7. The molecule has 0 unspecified atom stereocenters. The molecule has 4 radical (unpaired) electrons. The molecule has 0 bridgehead atoms. The molecule has 4 aromatic heterocycles. The fourth-order valence-corrected chi connectivity index (χ4v) is 9.99. The minimum absolute atomic E-state index is 0. The first-order valence-corrected chi connectivity index (χ1v) is 33.4. The zero-order valence-electron chi connectivity index (χ0n) is 60.1. The monoisotopic (exact) mass is 1560 g/mol. The van der Waals surface area contributed by atoms with Gasteiger partial charge in [0.15, 0.2) is 5.69 Å². The van der Waals surface area contributed by atoms with E-state index in [-0.39, 0.29) is 71.4 Å². The molecule has 9 heteroatoms. The molecule has 0 aliphatic carbocycles. The Bertz CT molecular complexity index is 4400. The molecule has 11 aromatic carbocycles. The van der Waals surface area contributed by atoms with Gasteiger partial charge < -0.3 is 19.4 Å². The number of aromatic nitrogens is 4. The number of benzene rings is 11. The summed E-state index contributed by atoms with van der Waals surface area (Å²) in [5.41, 5.74) is 22.2.